The molecule has 1 aromatic heterocycles. The molecule has 0 unspecified atom stereocenters. The van der Waals surface area contributed by atoms with Crippen LogP contribution in [0, 0.1) is 13.8 Å². The van der Waals surface area contributed by atoms with E-state index in [0.29, 0.717) is 11.3 Å². The number of aryl methyl sites for hydroxylation is 1. The summed E-state index contributed by atoms with van der Waals surface area (Å²) in [5, 5.41) is 5.01. The monoisotopic (exact) mass is 422 g/mol. The summed E-state index contributed by atoms with van der Waals surface area (Å²) in [6.07, 6.45) is 0. The summed E-state index contributed by atoms with van der Waals surface area (Å²) in [6, 6.07) is 13.6. The van der Waals surface area contributed by atoms with Gasteiger partial charge in [-0.1, -0.05) is 42.5 Å². The Kier molecular flexibility index (Phi) is 6.74. The average Bonchev–Trinajstić information content (AvgIpc) is 3.05. The Hall–Kier alpha value is -3.61. The minimum absolute atomic E-state index is 0.209. The van der Waals surface area contributed by atoms with E-state index in [2.05, 4.69) is 10.3 Å². The van der Waals surface area contributed by atoms with E-state index in [0.717, 1.165) is 16.3 Å². The highest BCUT2D eigenvalue weighted by atomic mass is 16.5. The summed E-state index contributed by atoms with van der Waals surface area (Å²) in [7, 11) is 0. The van der Waals surface area contributed by atoms with Gasteiger partial charge in [0, 0.05) is 5.69 Å². The van der Waals surface area contributed by atoms with Gasteiger partial charge in [-0.25, -0.2) is 9.59 Å². The molecule has 0 saturated carbocycles. The van der Waals surface area contributed by atoms with Crippen LogP contribution in [-0.2, 0) is 14.3 Å². The Morgan fingerprint density at radius 2 is 1.71 bits per heavy atom. The van der Waals surface area contributed by atoms with Crippen LogP contribution >= 0.6 is 0 Å². The zero-order chi connectivity index (χ0) is 22.5. The van der Waals surface area contributed by atoms with Crippen molar-refractivity contribution in [1.29, 1.82) is 0 Å². The number of aromatic amines is 1. The fourth-order valence-corrected chi connectivity index (χ4v) is 3.66. The molecule has 2 aromatic carbocycles. The summed E-state index contributed by atoms with van der Waals surface area (Å²) in [5.74, 6) is -1.62. The van der Waals surface area contributed by atoms with Gasteiger partial charge in [0.1, 0.15) is 5.69 Å². The molecule has 0 fully saturated rings. The van der Waals surface area contributed by atoms with Gasteiger partial charge < -0.3 is 19.8 Å². The molecule has 3 aromatic rings. The van der Waals surface area contributed by atoms with Gasteiger partial charge in [0.25, 0.3) is 5.91 Å². The standard InChI is InChI=1S/C24H26N2O5/c1-5-30-24(29)22-14(2)21(16(4)26-22)23(28)31-13-20(27)25-15(3)18-12-8-10-17-9-6-7-11-19(17)18/h6-12,15,26H,5,13H2,1-4H3,(H,25,27)/t15-/m1/s1. The first kappa shape index (κ1) is 22.1. The van der Waals surface area contributed by atoms with Crippen molar-refractivity contribution < 1.29 is 23.9 Å². The number of esters is 2. The van der Waals surface area contributed by atoms with Crippen LogP contribution in [0.25, 0.3) is 10.8 Å². The number of carbonyl (C=O) groups is 3. The molecule has 1 amide bonds. The number of amides is 1. The number of hydrogen-bond donors (Lipinski definition) is 2. The van der Waals surface area contributed by atoms with Gasteiger partial charge >= 0.3 is 11.9 Å². The topological polar surface area (TPSA) is 97.5 Å². The van der Waals surface area contributed by atoms with Crippen LogP contribution in [0.2, 0.25) is 0 Å². The third-order valence-corrected chi connectivity index (χ3v) is 5.12. The van der Waals surface area contributed by atoms with Crippen molar-refractivity contribution >= 4 is 28.6 Å². The molecule has 0 radical (unpaired) electrons. The molecular formula is C24H26N2O5. The van der Waals surface area contributed by atoms with Gasteiger partial charge in [0.05, 0.1) is 18.2 Å². The number of carbonyl (C=O) groups excluding carboxylic acids is 3. The quantitative estimate of drug-likeness (QED) is 0.561. The second-order valence-corrected chi connectivity index (χ2v) is 7.28. The highest BCUT2D eigenvalue weighted by Crippen LogP contribution is 2.24. The lowest BCUT2D eigenvalue weighted by Crippen LogP contribution is -2.31. The van der Waals surface area contributed by atoms with E-state index in [4.69, 9.17) is 9.47 Å². The van der Waals surface area contributed by atoms with Crippen LogP contribution in [0.15, 0.2) is 42.5 Å². The molecule has 31 heavy (non-hydrogen) atoms. The van der Waals surface area contributed by atoms with Crippen LogP contribution in [0.1, 0.15) is 57.6 Å². The molecule has 7 nitrogen and oxygen atoms in total. The lowest BCUT2D eigenvalue weighted by Gasteiger charge is -2.16. The minimum atomic E-state index is -0.672. The van der Waals surface area contributed by atoms with Gasteiger partial charge in [0.2, 0.25) is 0 Å². The normalized spacial score (nSPS) is 11.7. The fraction of sp³-hybridized carbons (Fsp3) is 0.292. The molecule has 1 heterocycles. The summed E-state index contributed by atoms with van der Waals surface area (Å²) in [4.78, 5) is 39.8. The maximum Gasteiger partial charge on any atom is 0.355 e. The van der Waals surface area contributed by atoms with Crippen LogP contribution in [-0.4, -0.2) is 36.0 Å². The maximum atomic E-state index is 12.5. The van der Waals surface area contributed by atoms with Crippen LogP contribution in [0.4, 0.5) is 0 Å². The number of nitrogens with one attached hydrogen (secondary N) is 2. The molecular weight excluding hydrogens is 396 g/mol. The van der Waals surface area contributed by atoms with Crippen molar-refractivity contribution in [3.63, 3.8) is 0 Å². The second-order valence-electron chi connectivity index (χ2n) is 7.28. The van der Waals surface area contributed by atoms with Crippen LogP contribution in [0.3, 0.4) is 0 Å². The molecule has 162 valence electrons. The average molecular weight is 422 g/mol. The first-order chi connectivity index (χ1) is 14.8. The van der Waals surface area contributed by atoms with Gasteiger partial charge in [-0.05, 0) is 49.6 Å². The molecule has 2 N–H and O–H groups in total. The number of benzene rings is 2. The summed E-state index contributed by atoms with van der Waals surface area (Å²) >= 11 is 0. The molecule has 0 aliphatic rings. The fourth-order valence-electron chi connectivity index (χ4n) is 3.66. The van der Waals surface area contributed by atoms with E-state index in [9.17, 15) is 14.4 Å². The Morgan fingerprint density at radius 3 is 2.45 bits per heavy atom. The van der Waals surface area contributed by atoms with Gasteiger partial charge in [-0.15, -0.1) is 0 Å². The first-order valence-electron chi connectivity index (χ1n) is 10.1. The molecule has 0 aliphatic carbocycles. The molecule has 3 rings (SSSR count). The minimum Gasteiger partial charge on any atom is -0.461 e. The van der Waals surface area contributed by atoms with Crippen molar-refractivity contribution in [2.45, 2.75) is 33.7 Å². The largest absolute Gasteiger partial charge is 0.461 e. The van der Waals surface area contributed by atoms with E-state index in [1.54, 1.807) is 20.8 Å². The van der Waals surface area contributed by atoms with Crippen molar-refractivity contribution in [2.75, 3.05) is 13.2 Å². The van der Waals surface area contributed by atoms with E-state index in [-0.39, 0.29) is 23.9 Å². The molecule has 0 spiro atoms. The Labute approximate surface area is 180 Å². The summed E-state index contributed by atoms with van der Waals surface area (Å²) in [6.45, 7) is 6.69. The number of H-pyrrole nitrogens is 1. The number of aromatic nitrogens is 1. The summed E-state index contributed by atoms with van der Waals surface area (Å²) < 4.78 is 10.2. The number of ether oxygens (including phenoxy) is 2. The SMILES string of the molecule is CCOC(=O)c1[nH]c(C)c(C(=O)OCC(=O)N[C@H](C)c2cccc3ccccc23)c1C. The molecule has 0 bridgehead atoms. The second kappa shape index (κ2) is 9.47. The Morgan fingerprint density at radius 1 is 1.00 bits per heavy atom. The zero-order valence-electron chi connectivity index (χ0n) is 18.1. The zero-order valence-corrected chi connectivity index (χ0v) is 18.1. The third kappa shape index (κ3) is 4.77. The number of rotatable bonds is 7. The Bertz CT molecular complexity index is 1130. The molecule has 0 saturated heterocycles. The predicted molar refractivity (Wildman–Crippen MR) is 117 cm³/mol. The van der Waals surface area contributed by atoms with Crippen molar-refractivity contribution in [1.82, 2.24) is 10.3 Å². The van der Waals surface area contributed by atoms with Crippen molar-refractivity contribution in [2.24, 2.45) is 0 Å². The van der Waals surface area contributed by atoms with Crippen molar-refractivity contribution in [3.05, 3.63) is 70.5 Å². The molecule has 0 aliphatic heterocycles. The third-order valence-electron chi connectivity index (χ3n) is 5.12. The molecule has 7 heteroatoms. The van der Waals surface area contributed by atoms with E-state index in [1.807, 2.05) is 49.4 Å². The van der Waals surface area contributed by atoms with Crippen LogP contribution in [0.5, 0.6) is 0 Å². The van der Waals surface area contributed by atoms with Gasteiger partial charge in [-0.3, -0.25) is 4.79 Å². The van der Waals surface area contributed by atoms with E-state index < -0.39 is 24.5 Å². The highest BCUT2D eigenvalue weighted by Gasteiger charge is 2.24. The summed E-state index contributed by atoms with van der Waals surface area (Å²) in [5.41, 5.74) is 2.34. The lowest BCUT2D eigenvalue weighted by molar-refractivity contribution is -0.124. The lowest BCUT2D eigenvalue weighted by atomic mass is 10.00. The molecule has 1 atom stereocenters. The van der Waals surface area contributed by atoms with E-state index in [1.165, 1.54) is 0 Å². The number of fused-ring (bicyclic) bond motifs is 1. The van der Waals surface area contributed by atoms with Crippen molar-refractivity contribution in [3.8, 4) is 0 Å². The van der Waals surface area contributed by atoms with Gasteiger partial charge in [0.15, 0.2) is 6.61 Å². The maximum absolute atomic E-state index is 12.5. The number of hydrogen-bond acceptors (Lipinski definition) is 5. The first-order valence-corrected chi connectivity index (χ1v) is 10.1. The highest BCUT2D eigenvalue weighted by molar-refractivity contribution is 5.99. The van der Waals surface area contributed by atoms with E-state index >= 15 is 0 Å². The van der Waals surface area contributed by atoms with Crippen LogP contribution < -0.4 is 5.32 Å². The smallest absolute Gasteiger partial charge is 0.355 e. The Balaban J connectivity index is 1.64. The predicted octanol–water partition coefficient (Wildman–Crippen LogP) is 4.00. The van der Waals surface area contributed by atoms with Gasteiger partial charge in [-0.2, -0.15) is 0 Å².